The number of Topliss-reactive ketones (excluding diaryl/α,β-unsaturated/α-hetero) is 1. The van der Waals surface area contributed by atoms with Crippen LogP contribution >= 0.6 is 11.3 Å². The van der Waals surface area contributed by atoms with E-state index in [4.69, 9.17) is 23.7 Å². The summed E-state index contributed by atoms with van der Waals surface area (Å²) in [6, 6.07) is 16.6. The highest BCUT2D eigenvalue weighted by Gasteiger charge is 2.78. The first-order valence-electron chi connectivity index (χ1n) is 19.9. The van der Waals surface area contributed by atoms with Gasteiger partial charge in [-0.2, -0.15) is 11.3 Å². The van der Waals surface area contributed by atoms with Gasteiger partial charge in [0.25, 0.3) is 5.91 Å². The Morgan fingerprint density at radius 2 is 1.56 bits per heavy atom. The van der Waals surface area contributed by atoms with Crippen LogP contribution in [0.3, 0.4) is 0 Å². The van der Waals surface area contributed by atoms with Crippen LogP contribution in [0.4, 0.5) is 0 Å². The number of carbonyl (C=O) groups is 6. The number of amides is 1. The van der Waals surface area contributed by atoms with Crippen LogP contribution < -0.4 is 5.32 Å². The third-order valence-corrected chi connectivity index (χ3v) is 13.9. The number of aliphatic hydroxyl groups is 3. The van der Waals surface area contributed by atoms with Gasteiger partial charge in [0.05, 0.1) is 35.6 Å². The number of hydrogen-bond donors (Lipinski definition) is 4. The number of benzene rings is 2. The number of fused-ring (bicyclic) bond motifs is 5. The van der Waals surface area contributed by atoms with Crippen molar-refractivity contribution < 1.29 is 67.8 Å². The molecule has 2 heterocycles. The first-order valence-corrected chi connectivity index (χ1v) is 20.9. The van der Waals surface area contributed by atoms with Gasteiger partial charge in [0.15, 0.2) is 23.6 Å². The molecule has 3 aromatic rings. The predicted molar refractivity (Wildman–Crippen MR) is 216 cm³/mol. The lowest BCUT2D eigenvalue weighted by molar-refractivity contribution is -0.346. The van der Waals surface area contributed by atoms with E-state index in [-0.39, 0.29) is 35.3 Å². The SMILES string of the molecule is CC(=O)O[C@H]1C(=O)[C@@]2(C)C(C(OC(=O)c3ccsc3)[C@]3(O)C[C@H](OC(=O)[C@H](O)[C@@H](NC(=O)c4ccccc4)c4ccccc4)C(C)=C1C3(C)C)[C@]1(OC(C)=O)CO[C@@H]1C[C@@H]2O. The van der Waals surface area contributed by atoms with Crippen molar-refractivity contribution in [1.82, 2.24) is 5.32 Å². The largest absolute Gasteiger partial charge is 0.456 e. The Balaban J connectivity index is 1.38. The van der Waals surface area contributed by atoms with Crippen LogP contribution in [0.1, 0.15) is 86.7 Å². The van der Waals surface area contributed by atoms with Gasteiger partial charge in [-0.1, -0.05) is 62.4 Å². The second-order valence-corrected chi connectivity index (χ2v) is 17.8. The molecule has 3 fully saturated rings. The minimum absolute atomic E-state index is 0.00251. The molecule has 4 N–H and O–H groups in total. The normalized spacial score (nSPS) is 32.2. The average Bonchev–Trinajstić information content (AvgIpc) is 3.77. The summed E-state index contributed by atoms with van der Waals surface area (Å²) in [4.78, 5) is 83.2. The standard InChI is InChI=1S/C45H49NO14S/c1-23-29(58-41(54)34(50)33(26-13-9-7-10-14-26)46-39(52)27-15-11-8-12-16-27)20-45(55)38(59-40(53)28-17-18-61-21-28)36-43(6,30(49)19-31-44(36,22-56-31)60-25(3)48)37(51)35(57-24(2)47)32(23)42(45,4)5/h7-18,21,29-31,33-36,38,49-50,55H,19-20,22H2,1-6H3,(H,46,52)/t29-,30-,31+,33-,34+,35+,36?,38?,43+,44-,45+/m0/s1. The topological polar surface area (TPSA) is 221 Å². The van der Waals surface area contributed by atoms with E-state index >= 15 is 4.79 Å². The molecule has 3 aliphatic carbocycles. The molecule has 15 nitrogen and oxygen atoms in total. The van der Waals surface area contributed by atoms with Crippen LogP contribution in [0.2, 0.25) is 0 Å². The van der Waals surface area contributed by atoms with Crippen LogP contribution in [-0.2, 0) is 42.9 Å². The maximum absolute atomic E-state index is 15.4. The number of rotatable bonds is 10. The van der Waals surface area contributed by atoms with E-state index in [1.165, 1.54) is 36.6 Å². The zero-order valence-electron chi connectivity index (χ0n) is 34.5. The van der Waals surface area contributed by atoms with Crippen LogP contribution in [0.5, 0.6) is 0 Å². The molecule has 1 saturated heterocycles. The van der Waals surface area contributed by atoms with Gasteiger partial charge in [-0.05, 0) is 54.1 Å². The molecular weight excluding hydrogens is 811 g/mol. The summed E-state index contributed by atoms with van der Waals surface area (Å²) in [7, 11) is 0. The Bertz CT molecular complexity index is 2240. The molecule has 2 bridgehead atoms. The maximum Gasteiger partial charge on any atom is 0.339 e. The van der Waals surface area contributed by atoms with Crippen molar-refractivity contribution >= 4 is 46.9 Å². The molecule has 1 aromatic heterocycles. The Morgan fingerprint density at radius 3 is 2.13 bits per heavy atom. The van der Waals surface area contributed by atoms with Gasteiger partial charge < -0.3 is 44.3 Å². The van der Waals surface area contributed by atoms with Crippen LogP contribution in [0.15, 0.2) is 88.6 Å². The van der Waals surface area contributed by atoms with Crippen molar-refractivity contribution in [2.45, 2.75) is 108 Å². The number of nitrogens with one attached hydrogen (secondary N) is 1. The summed E-state index contributed by atoms with van der Waals surface area (Å²) in [5.74, 6) is -6.78. The second-order valence-electron chi connectivity index (χ2n) is 17.0. The van der Waals surface area contributed by atoms with Gasteiger partial charge in [0, 0.05) is 43.0 Å². The third-order valence-electron chi connectivity index (χ3n) is 13.2. The molecule has 1 amide bonds. The molecule has 2 saturated carbocycles. The average molecular weight is 860 g/mol. The number of esters is 4. The number of aliphatic hydroxyl groups excluding tert-OH is 2. The summed E-state index contributed by atoms with van der Waals surface area (Å²) in [6.45, 7) is 7.99. The Labute approximate surface area is 356 Å². The molecule has 7 rings (SSSR count). The lowest BCUT2D eigenvalue weighted by atomic mass is 9.44. The molecule has 1 aliphatic heterocycles. The van der Waals surface area contributed by atoms with Crippen molar-refractivity contribution in [3.8, 4) is 0 Å². The van der Waals surface area contributed by atoms with Gasteiger partial charge in [-0.3, -0.25) is 19.2 Å². The number of ether oxygens (including phenoxy) is 5. The Morgan fingerprint density at radius 1 is 0.902 bits per heavy atom. The summed E-state index contributed by atoms with van der Waals surface area (Å²) >= 11 is 1.21. The molecule has 11 atom stereocenters. The molecule has 2 aromatic carbocycles. The van der Waals surface area contributed by atoms with Crippen molar-refractivity contribution in [3.63, 3.8) is 0 Å². The Hall–Kier alpha value is -5.26. The number of hydrogen-bond acceptors (Lipinski definition) is 15. The van der Waals surface area contributed by atoms with Crippen molar-refractivity contribution in [2.75, 3.05) is 6.61 Å². The number of ketones is 1. The van der Waals surface area contributed by atoms with E-state index in [0.29, 0.717) is 5.56 Å². The first kappa shape index (κ1) is 43.8. The molecule has 61 heavy (non-hydrogen) atoms. The molecule has 4 aliphatic rings. The summed E-state index contributed by atoms with van der Waals surface area (Å²) in [6.07, 6.45) is -10.4. The number of carbonyl (C=O) groups excluding carboxylic acids is 6. The second kappa shape index (κ2) is 16.2. The van der Waals surface area contributed by atoms with E-state index in [2.05, 4.69) is 5.32 Å². The van der Waals surface area contributed by atoms with Crippen molar-refractivity contribution in [1.29, 1.82) is 0 Å². The monoisotopic (exact) mass is 859 g/mol. The van der Waals surface area contributed by atoms with E-state index in [1.807, 2.05) is 0 Å². The minimum atomic E-state index is -2.38. The van der Waals surface area contributed by atoms with E-state index < -0.39 is 113 Å². The fourth-order valence-electron chi connectivity index (χ4n) is 9.99. The van der Waals surface area contributed by atoms with Crippen LogP contribution in [-0.4, -0.2) is 105 Å². The highest BCUT2D eigenvalue weighted by molar-refractivity contribution is 7.08. The van der Waals surface area contributed by atoms with Crippen LogP contribution in [0.25, 0.3) is 0 Å². The number of thiophene rings is 1. The van der Waals surface area contributed by atoms with Gasteiger partial charge in [-0.15, -0.1) is 0 Å². The fourth-order valence-corrected chi connectivity index (χ4v) is 10.6. The highest BCUT2D eigenvalue weighted by atomic mass is 32.1. The Kier molecular flexibility index (Phi) is 11.6. The summed E-state index contributed by atoms with van der Waals surface area (Å²) < 4.78 is 30.2. The molecule has 0 radical (unpaired) electrons. The van der Waals surface area contributed by atoms with Crippen molar-refractivity contribution in [2.24, 2.45) is 16.7 Å². The summed E-state index contributed by atoms with van der Waals surface area (Å²) in [5, 5.41) is 43.3. The van der Waals surface area contributed by atoms with E-state index in [0.717, 1.165) is 13.8 Å². The highest BCUT2D eigenvalue weighted by Crippen LogP contribution is 2.64. The van der Waals surface area contributed by atoms with Crippen LogP contribution in [0, 0.1) is 16.7 Å². The first-order chi connectivity index (χ1) is 28.8. The van der Waals surface area contributed by atoms with Gasteiger partial charge in [0.1, 0.15) is 23.9 Å². The predicted octanol–water partition coefficient (Wildman–Crippen LogP) is 3.80. The minimum Gasteiger partial charge on any atom is -0.456 e. The zero-order valence-corrected chi connectivity index (χ0v) is 35.3. The molecular formula is C45H49NO14S. The molecule has 16 heteroatoms. The fraction of sp³-hybridized carbons (Fsp3) is 0.467. The zero-order chi connectivity index (χ0) is 44.2. The van der Waals surface area contributed by atoms with Gasteiger partial charge in [-0.25, -0.2) is 9.59 Å². The smallest absolute Gasteiger partial charge is 0.339 e. The van der Waals surface area contributed by atoms with Crippen molar-refractivity contribution in [3.05, 3.63) is 105 Å². The maximum atomic E-state index is 15.4. The van der Waals surface area contributed by atoms with E-state index in [9.17, 15) is 39.3 Å². The molecule has 0 spiro atoms. The third kappa shape index (κ3) is 7.27. The van der Waals surface area contributed by atoms with E-state index in [1.54, 1.807) is 79.9 Å². The molecule has 324 valence electrons. The molecule has 2 unspecified atom stereocenters. The van der Waals surface area contributed by atoms with Gasteiger partial charge >= 0.3 is 23.9 Å². The quantitative estimate of drug-likeness (QED) is 0.130. The lowest BCUT2D eigenvalue weighted by Gasteiger charge is -2.67. The van der Waals surface area contributed by atoms with Gasteiger partial charge in [0.2, 0.25) is 0 Å². The summed E-state index contributed by atoms with van der Waals surface area (Å²) in [5.41, 5.74) is -6.92. The lowest BCUT2D eigenvalue weighted by Crippen LogP contribution is -2.82.